The number of anilines is 4. The number of urea groups is 1. The zero-order valence-corrected chi connectivity index (χ0v) is 44.4. The summed E-state index contributed by atoms with van der Waals surface area (Å²) in [6.45, 7) is 10.6. The Kier molecular flexibility index (Phi) is 15.0. The monoisotopic (exact) mass is 1060 g/mol. The SMILES string of the molecule is CC(C)[C@H](C(=O)N1C[C@H](O)C[C@H]1C(=O)N[C@@H](C)c1ccc(C#N)cc1)c1cc(N2CCN(C(=O)N3CCC(O[C@H]4C[C@H](Oc5cc(N6C7CCC6CN(c6cc(-c8ccccc8O)nnc6N)C7)ccn5)C4)CC3)CC2)no1. The molecule has 6 aliphatic rings. The molecular weight excluding hydrogens is 995 g/mol. The number of benzene rings is 2. The molecule has 3 aromatic heterocycles. The zero-order valence-electron chi connectivity index (χ0n) is 44.4. The molecule has 5 aromatic rings. The van der Waals surface area contributed by atoms with Crippen molar-refractivity contribution in [1.82, 2.24) is 40.4 Å². The van der Waals surface area contributed by atoms with Crippen LogP contribution in [0.1, 0.15) is 94.6 Å². The molecule has 0 radical (unpaired) electrons. The van der Waals surface area contributed by atoms with Gasteiger partial charge in [-0.05, 0) is 80.5 Å². The maximum Gasteiger partial charge on any atom is 0.320 e. The van der Waals surface area contributed by atoms with Crippen LogP contribution in [0.25, 0.3) is 11.3 Å². The minimum Gasteiger partial charge on any atom is -0.507 e. The summed E-state index contributed by atoms with van der Waals surface area (Å²) in [4.78, 5) is 58.4. The third-order valence-corrected chi connectivity index (χ3v) is 16.6. The van der Waals surface area contributed by atoms with Gasteiger partial charge in [0.2, 0.25) is 17.7 Å². The topological polar surface area (TPSA) is 256 Å². The summed E-state index contributed by atoms with van der Waals surface area (Å²) in [6, 6.07) is 23.3. The largest absolute Gasteiger partial charge is 0.507 e. The maximum absolute atomic E-state index is 14.3. The van der Waals surface area contributed by atoms with Crippen molar-refractivity contribution in [2.45, 2.75) is 120 Å². The number of piperazine rings is 2. The van der Waals surface area contributed by atoms with Crippen LogP contribution >= 0.6 is 0 Å². The van der Waals surface area contributed by atoms with Crippen LogP contribution in [0.15, 0.2) is 83.5 Å². The summed E-state index contributed by atoms with van der Waals surface area (Å²) in [5, 5.41) is 46.2. The summed E-state index contributed by atoms with van der Waals surface area (Å²) in [5.74, 6) is 0.498. The molecule has 1 saturated carbocycles. The fourth-order valence-electron chi connectivity index (χ4n) is 12.3. The second-order valence-corrected chi connectivity index (χ2v) is 22.1. The van der Waals surface area contributed by atoms with Gasteiger partial charge in [0.25, 0.3) is 0 Å². The summed E-state index contributed by atoms with van der Waals surface area (Å²) < 4.78 is 18.8. The molecule has 21 heteroatoms. The fraction of sp³-hybridized carbons (Fsp3) is 0.509. The van der Waals surface area contributed by atoms with Gasteiger partial charge in [-0.15, -0.1) is 10.2 Å². The highest BCUT2D eigenvalue weighted by Crippen LogP contribution is 2.41. The van der Waals surface area contributed by atoms with Crippen LogP contribution in [0.4, 0.5) is 27.8 Å². The van der Waals surface area contributed by atoms with Crippen molar-refractivity contribution in [2.75, 3.05) is 79.3 Å². The van der Waals surface area contributed by atoms with Crippen molar-refractivity contribution in [3.63, 3.8) is 0 Å². The summed E-state index contributed by atoms with van der Waals surface area (Å²) in [7, 11) is 0. The van der Waals surface area contributed by atoms with Gasteiger partial charge in [0.1, 0.15) is 23.8 Å². The Bertz CT molecular complexity index is 2990. The number of aromatic nitrogens is 4. The Morgan fingerprint density at radius 2 is 1.54 bits per heavy atom. The van der Waals surface area contributed by atoms with Crippen molar-refractivity contribution < 1.29 is 38.6 Å². The number of phenolic OH excluding ortho intramolecular Hbond substituents is 1. The number of aromatic hydroxyl groups is 1. The first-order chi connectivity index (χ1) is 37.8. The van der Waals surface area contributed by atoms with Gasteiger partial charge in [-0.3, -0.25) is 9.59 Å². The first-order valence-electron chi connectivity index (χ1n) is 27.5. The smallest absolute Gasteiger partial charge is 0.320 e. The van der Waals surface area contributed by atoms with Gasteiger partial charge in [0.05, 0.1) is 47.4 Å². The van der Waals surface area contributed by atoms with Gasteiger partial charge < -0.3 is 64.7 Å². The Labute approximate surface area is 453 Å². The normalized spacial score (nSPS) is 24.2. The number of amides is 4. The summed E-state index contributed by atoms with van der Waals surface area (Å²) >= 11 is 0. The van der Waals surface area contributed by atoms with E-state index >= 15 is 0 Å². The average molecular weight is 1060 g/mol. The third kappa shape index (κ3) is 10.9. The molecule has 11 rings (SSSR count). The Morgan fingerprint density at radius 1 is 0.821 bits per heavy atom. The number of piperidine rings is 1. The Morgan fingerprint density at radius 3 is 2.24 bits per heavy atom. The van der Waals surface area contributed by atoms with Gasteiger partial charge >= 0.3 is 6.03 Å². The number of aliphatic hydroxyl groups excluding tert-OH is 1. The number of carbonyl (C=O) groups excluding carboxylic acids is 3. The number of hydrogen-bond donors (Lipinski definition) is 4. The molecule has 5 aliphatic heterocycles. The van der Waals surface area contributed by atoms with Crippen molar-refractivity contribution >= 4 is 40.9 Å². The lowest BCUT2D eigenvalue weighted by Gasteiger charge is -2.43. The number of nitrogens with one attached hydrogen (secondary N) is 1. The van der Waals surface area contributed by atoms with Gasteiger partial charge in [0, 0.05) is 120 Å². The third-order valence-electron chi connectivity index (χ3n) is 16.6. The number of hydrogen-bond acceptors (Lipinski definition) is 17. The second-order valence-electron chi connectivity index (χ2n) is 22.1. The number of pyridine rings is 1. The van der Waals surface area contributed by atoms with Gasteiger partial charge in [-0.1, -0.05) is 43.3 Å². The molecule has 5 N–H and O–H groups in total. The van der Waals surface area contributed by atoms with E-state index in [4.69, 9.17) is 25.0 Å². The van der Waals surface area contributed by atoms with Crippen LogP contribution in [-0.4, -0.2) is 165 Å². The Balaban J connectivity index is 0.609. The number of phenols is 1. The number of nitriles is 1. The second kappa shape index (κ2) is 22.3. The van der Waals surface area contributed by atoms with E-state index in [-0.39, 0.29) is 78.9 Å². The maximum atomic E-state index is 14.3. The average Bonchev–Trinajstić information content (AvgIpc) is 4.31. The number of likely N-dealkylation sites (tertiary alicyclic amines) is 2. The molecule has 5 saturated heterocycles. The highest BCUT2D eigenvalue weighted by Gasteiger charge is 2.45. The number of nitrogens with two attached hydrogens (primary N) is 1. The first-order valence-corrected chi connectivity index (χ1v) is 27.5. The number of rotatable bonds is 14. The molecule has 4 amide bonds. The van der Waals surface area contributed by atoms with E-state index in [1.807, 2.05) is 55.0 Å². The number of ether oxygens (including phenoxy) is 2. The van der Waals surface area contributed by atoms with Crippen molar-refractivity contribution in [3.05, 3.63) is 95.9 Å². The number of β-amino-alcohol motifs (C(OH)–C–C–N with tert-alkyl or cyclic N) is 1. The molecule has 2 aromatic carbocycles. The standard InChI is InChI=1S/C57H69N13O8/c1-34(2)53(56(74)69-33-41(71)25-48(69)55(73)61-35(3)37-10-8-36(30-58)9-11-37)50-29-51(64-78-50)65-20-22-67(23-21-65)57(75)66-18-15-42(16-19-66)76-43-26-44(27-43)77-52-24-38(14-17-60-52)70-39-12-13-40(70)32-68(31-39)47-28-46(62-63-54(47)59)45-6-4-5-7-49(45)72/h4-11,14,17,24,28-29,34-35,39-44,48,53,71-72H,12-13,15-16,18-23,25-27,31-33H2,1-3H3,(H2,59,63)(H,61,73)/t35-,39?,40?,41+,43-,44-,48-,53-/m0/s1. The number of aliphatic hydroxyl groups is 1. The van der Waals surface area contributed by atoms with E-state index in [1.54, 1.807) is 42.5 Å². The molecule has 21 nitrogen and oxygen atoms in total. The van der Waals surface area contributed by atoms with Crippen LogP contribution in [-0.2, 0) is 14.3 Å². The van der Waals surface area contributed by atoms with Gasteiger partial charge in [-0.2, -0.15) is 5.26 Å². The van der Waals surface area contributed by atoms with E-state index in [1.165, 1.54) is 4.90 Å². The van der Waals surface area contributed by atoms with E-state index in [2.05, 4.69) is 58.6 Å². The molecular formula is C57H69N13O8. The minimum absolute atomic E-state index is 0.0185. The number of carbonyl (C=O) groups is 3. The first kappa shape index (κ1) is 52.4. The lowest BCUT2D eigenvalue weighted by molar-refractivity contribution is -0.141. The molecule has 0 spiro atoms. The number of para-hydroxylation sites is 1. The molecule has 8 heterocycles. The molecule has 6 fully saturated rings. The van der Waals surface area contributed by atoms with Crippen molar-refractivity contribution in [2.24, 2.45) is 5.92 Å². The summed E-state index contributed by atoms with van der Waals surface area (Å²) in [5.41, 5.74) is 10.9. The van der Waals surface area contributed by atoms with Crippen LogP contribution in [0, 0.1) is 17.2 Å². The molecule has 1 aliphatic carbocycles. The highest BCUT2D eigenvalue weighted by atomic mass is 16.5. The van der Waals surface area contributed by atoms with E-state index in [0.29, 0.717) is 79.4 Å². The van der Waals surface area contributed by atoms with Gasteiger partial charge in [0.15, 0.2) is 17.4 Å². The van der Waals surface area contributed by atoms with Crippen LogP contribution in [0.5, 0.6) is 11.6 Å². The lowest BCUT2D eigenvalue weighted by Crippen LogP contribution is -2.55. The van der Waals surface area contributed by atoms with Crippen LogP contribution in [0.3, 0.4) is 0 Å². The molecule has 78 heavy (non-hydrogen) atoms. The van der Waals surface area contributed by atoms with E-state index < -0.39 is 18.1 Å². The predicted molar refractivity (Wildman–Crippen MR) is 290 cm³/mol. The summed E-state index contributed by atoms with van der Waals surface area (Å²) in [6.07, 6.45) is 6.51. The number of fused-ring (bicyclic) bond motifs is 2. The van der Waals surface area contributed by atoms with Crippen LogP contribution < -0.4 is 30.5 Å². The van der Waals surface area contributed by atoms with Crippen molar-refractivity contribution in [1.29, 1.82) is 5.26 Å². The molecule has 2 bridgehead atoms. The molecule has 410 valence electrons. The highest BCUT2D eigenvalue weighted by molar-refractivity contribution is 5.91. The zero-order chi connectivity index (χ0) is 54.2. The van der Waals surface area contributed by atoms with Crippen molar-refractivity contribution in [3.8, 4) is 29.0 Å². The van der Waals surface area contributed by atoms with E-state index in [0.717, 1.165) is 68.6 Å². The number of nitrogen functional groups attached to an aromatic ring is 1. The molecule has 2 unspecified atom stereocenters. The molecule has 6 atom stereocenters. The fourth-order valence-corrected chi connectivity index (χ4v) is 12.3. The van der Waals surface area contributed by atoms with E-state index in [9.17, 15) is 24.6 Å². The van der Waals surface area contributed by atoms with Crippen LogP contribution in [0.2, 0.25) is 0 Å². The minimum atomic E-state index is -0.865. The quantitative estimate of drug-likeness (QED) is 0.108. The number of nitrogens with zero attached hydrogens (tertiary/aromatic N) is 11. The Hall–Kier alpha value is -7.70. The lowest BCUT2D eigenvalue weighted by atomic mass is 9.91. The van der Waals surface area contributed by atoms with Gasteiger partial charge in [-0.25, -0.2) is 9.78 Å². The predicted octanol–water partition coefficient (Wildman–Crippen LogP) is 5.46.